The zero-order valence-corrected chi connectivity index (χ0v) is 15.3. The van der Waals surface area contributed by atoms with Crippen LogP contribution in [0.25, 0.3) is 10.9 Å². The standard InChI is InChI=1S/C18H14ClN3O6/c1-27-10-2-4-11(5-3-10)28-13-7-6-12-15(20-13)17(19)21-18(16(12)26)22(9-23)8-14(24)25/h2-7,9,26H,8H2,1H3,(H,24,25). The summed E-state index contributed by atoms with van der Waals surface area (Å²) in [5.74, 6) is -0.593. The first-order chi connectivity index (χ1) is 13.4. The quantitative estimate of drug-likeness (QED) is 0.456. The first-order valence-corrected chi connectivity index (χ1v) is 8.25. The summed E-state index contributed by atoms with van der Waals surface area (Å²) in [6, 6.07) is 9.81. The fourth-order valence-electron chi connectivity index (χ4n) is 2.44. The van der Waals surface area contributed by atoms with E-state index in [-0.39, 0.29) is 34.2 Å². The Labute approximate surface area is 163 Å². The molecule has 0 spiro atoms. The van der Waals surface area contributed by atoms with Crippen LogP contribution in [-0.2, 0) is 9.59 Å². The number of carbonyl (C=O) groups is 2. The van der Waals surface area contributed by atoms with E-state index in [1.807, 2.05) is 0 Å². The van der Waals surface area contributed by atoms with Crippen LogP contribution in [0.3, 0.4) is 0 Å². The number of methoxy groups -OCH3 is 1. The summed E-state index contributed by atoms with van der Waals surface area (Å²) in [6.45, 7) is -0.683. The van der Waals surface area contributed by atoms with E-state index in [4.69, 9.17) is 26.2 Å². The van der Waals surface area contributed by atoms with Gasteiger partial charge in [0.15, 0.2) is 16.7 Å². The number of carboxylic acid groups (broad SMARTS) is 1. The monoisotopic (exact) mass is 403 g/mol. The van der Waals surface area contributed by atoms with Gasteiger partial charge in [-0.05, 0) is 30.3 Å². The molecule has 2 heterocycles. The first-order valence-electron chi connectivity index (χ1n) is 7.87. The van der Waals surface area contributed by atoms with Gasteiger partial charge in [0.25, 0.3) is 0 Å². The van der Waals surface area contributed by atoms with Gasteiger partial charge in [0.05, 0.1) is 7.11 Å². The number of aromatic hydroxyl groups is 1. The van der Waals surface area contributed by atoms with E-state index in [0.29, 0.717) is 11.5 Å². The van der Waals surface area contributed by atoms with E-state index in [2.05, 4.69) is 9.97 Å². The molecule has 0 aliphatic heterocycles. The summed E-state index contributed by atoms with van der Waals surface area (Å²) in [7, 11) is 1.55. The average Bonchev–Trinajstić information content (AvgIpc) is 2.69. The highest BCUT2D eigenvalue weighted by Crippen LogP contribution is 2.37. The molecule has 2 aromatic heterocycles. The molecular formula is C18H14ClN3O6. The van der Waals surface area contributed by atoms with Crippen molar-refractivity contribution >= 4 is 40.7 Å². The Balaban J connectivity index is 1.98. The highest BCUT2D eigenvalue weighted by molar-refractivity contribution is 6.34. The molecule has 144 valence electrons. The molecule has 0 atom stereocenters. The summed E-state index contributed by atoms with van der Waals surface area (Å²) >= 11 is 6.14. The van der Waals surface area contributed by atoms with Crippen LogP contribution in [0.15, 0.2) is 36.4 Å². The molecule has 0 aliphatic rings. The average molecular weight is 404 g/mol. The Morgan fingerprint density at radius 3 is 2.46 bits per heavy atom. The maximum Gasteiger partial charge on any atom is 0.323 e. The largest absolute Gasteiger partial charge is 0.504 e. The van der Waals surface area contributed by atoms with Crippen molar-refractivity contribution in [2.75, 3.05) is 18.6 Å². The summed E-state index contributed by atoms with van der Waals surface area (Å²) in [4.78, 5) is 30.9. The minimum Gasteiger partial charge on any atom is -0.504 e. The number of ether oxygens (including phenoxy) is 2. The third-order valence-electron chi connectivity index (χ3n) is 3.72. The van der Waals surface area contributed by atoms with Gasteiger partial charge >= 0.3 is 5.97 Å². The molecule has 2 N–H and O–H groups in total. The van der Waals surface area contributed by atoms with E-state index >= 15 is 0 Å². The van der Waals surface area contributed by atoms with Crippen molar-refractivity contribution < 1.29 is 29.3 Å². The fourth-order valence-corrected chi connectivity index (χ4v) is 2.66. The predicted molar refractivity (Wildman–Crippen MR) is 100 cm³/mol. The van der Waals surface area contributed by atoms with Gasteiger partial charge in [-0.1, -0.05) is 11.6 Å². The second kappa shape index (κ2) is 7.97. The van der Waals surface area contributed by atoms with Gasteiger partial charge in [-0.15, -0.1) is 0 Å². The number of halogens is 1. The summed E-state index contributed by atoms with van der Waals surface area (Å²) < 4.78 is 10.7. The van der Waals surface area contributed by atoms with E-state index < -0.39 is 18.3 Å². The number of amides is 1. The maximum absolute atomic E-state index is 11.2. The van der Waals surface area contributed by atoms with E-state index in [0.717, 1.165) is 4.90 Å². The van der Waals surface area contributed by atoms with Crippen molar-refractivity contribution in [2.45, 2.75) is 0 Å². The SMILES string of the molecule is COc1ccc(Oc2ccc3c(O)c(N(C=O)CC(=O)O)nc(Cl)c3n2)cc1. The zero-order chi connectivity index (χ0) is 20.3. The second-order valence-electron chi connectivity index (χ2n) is 5.53. The molecule has 10 heteroatoms. The smallest absolute Gasteiger partial charge is 0.323 e. The molecule has 0 fully saturated rings. The molecule has 3 rings (SSSR count). The minimum atomic E-state index is -1.27. The van der Waals surface area contributed by atoms with Crippen molar-refractivity contribution in [2.24, 2.45) is 0 Å². The molecule has 1 aromatic carbocycles. The molecule has 0 saturated heterocycles. The van der Waals surface area contributed by atoms with Gasteiger partial charge in [-0.3, -0.25) is 14.5 Å². The molecule has 0 bridgehead atoms. The Kier molecular flexibility index (Phi) is 5.46. The number of hydrogen-bond donors (Lipinski definition) is 2. The third kappa shape index (κ3) is 3.89. The number of nitrogens with zero attached hydrogens (tertiary/aromatic N) is 3. The third-order valence-corrected chi connectivity index (χ3v) is 3.99. The minimum absolute atomic E-state index is 0.125. The highest BCUT2D eigenvalue weighted by atomic mass is 35.5. The van der Waals surface area contributed by atoms with Crippen molar-refractivity contribution in [1.29, 1.82) is 0 Å². The lowest BCUT2D eigenvalue weighted by molar-refractivity contribution is -0.136. The first kappa shape index (κ1) is 19.2. The van der Waals surface area contributed by atoms with Crippen LogP contribution in [0.5, 0.6) is 23.1 Å². The summed E-state index contributed by atoms with van der Waals surface area (Å²) in [5.41, 5.74) is 0.134. The van der Waals surface area contributed by atoms with Crippen molar-refractivity contribution in [3.63, 3.8) is 0 Å². The molecule has 0 unspecified atom stereocenters. The van der Waals surface area contributed by atoms with Gasteiger partial charge in [0.1, 0.15) is 23.6 Å². The van der Waals surface area contributed by atoms with E-state index in [1.165, 1.54) is 12.1 Å². The van der Waals surface area contributed by atoms with Gasteiger partial charge in [-0.2, -0.15) is 0 Å². The molecule has 0 saturated carbocycles. The maximum atomic E-state index is 11.2. The van der Waals surface area contributed by atoms with E-state index in [9.17, 15) is 14.7 Å². The highest BCUT2D eigenvalue weighted by Gasteiger charge is 2.21. The van der Waals surface area contributed by atoms with Gasteiger partial charge in [-0.25, -0.2) is 9.97 Å². The number of anilines is 1. The molecule has 3 aromatic rings. The number of aromatic nitrogens is 2. The molecule has 28 heavy (non-hydrogen) atoms. The van der Waals surface area contributed by atoms with Crippen LogP contribution in [0.1, 0.15) is 0 Å². The number of carbonyl (C=O) groups excluding carboxylic acids is 1. The number of aliphatic carboxylic acids is 1. The van der Waals surface area contributed by atoms with E-state index in [1.54, 1.807) is 31.4 Å². The molecule has 9 nitrogen and oxygen atoms in total. The predicted octanol–water partition coefficient (Wildman–Crippen LogP) is 2.84. The second-order valence-corrected chi connectivity index (χ2v) is 5.88. The molecule has 0 aliphatic carbocycles. The van der Waals surface area contributed by atoms with Crippen LogP contribution < -0.4 is 14.4 Å². The van der Waals surface area contributed by atoms with Crippen LogP contribution in [0, 0.1) is 0 Å². The normalized spacial score (nSPS) is 10.5. The van der Waals surface area contributed by atoms with Crippen LogP contribution in [-0.4, -0.2) is 46.2 Å². The van der Waals surface area contributed by atoms with Crippen LogP contribution in [0.4, 0.5) is 5.82 Å². The zero-order valence-electron chi connectivity index (χ0n) is 14.5. The molecular weight excluding hydrogens is 390 g/mol. The molecule has 0 radical (unpaired) electrons. The lowest BCUT2D eigenvalue weighted by Crippen LogP contribution is -2.29. The van der Waals surface area contributed by atoms with Gasteiger partial charge in [0, 0.05) is 11.5 Å². The van der Waals surface area contributed by atoms with Gasteiger partial charge < -0.3 is 19.7 Å². The van der Waals surface area contributed by atoms with Crippen molar-refractivity contribution in [3.8, 4) is 23.1 Å². The number of pyridine rings is 2. The topological polar surface area (TPSA) is 122 Å². The van der Waals surface area contributed by atoms with Crippen LogP contribution >= 0.6 is 11.6 Å². The molecule has 1 amide bonds. The Hall–Kier alpha value is -3.59. The Morgan fingerprint density at radius 2 is 1.86 bits per heavy atom. The Morgan fingerprint density at radius 1 is 1.18 bits per heavy atom. The summed E-state index contributed by atoms with van der Waals surface area (Å²) in [6.07, 6.45) is 0.243. The lowest BCUT2D eigenvalue weighted by Gasteiger charge is -2.17. The number of fused-ring (bicyclic) bond motifs is 1. The Bertz CT molecular complexity index is 1040. The van der Waals surface area contributed by atoms with Gasteiger partial charge in [0.2, 0.25) is 12.3 Å². The lowest BCUT2D eigenvalue weighted by atomic mass is 10.2. The number of carboxylic acids is 1. The number of benzene rings is 1. The number of hydrogen-bond acceptors (Lipinski definition) is 7. The fraction of sp³-hybridized carbons (Fsp3) is 0.111. The van der Waals surface area contributed by atoms with Crippen LogP contribution in [0.2, 0.25) is 5.15 Å². The number of rotatable bonds is 7. The van der Waals surface area contributed by atoms with Crippen molar-refractivity contribution in [3.05, 3.63) is 41.6 Å². The summed E-state index contributed by atoms with van der Waals surface area (Å²) in [5, 5.41) is 19.4. The van der Waals surface area contributed by atoms with Crippen molar-refractivity contribution in [1.82, 2.24) is 9.97 Å².